The summed E-state index contributed by atoms with van der Waals surface area (Å²) in [5.74, 6) is -0.573. The number of hydrogen-bond donors (Lipinski definition) is 1. The number of halogens is 1. The molecular formula is C20H16FN5O2. The summed E-state index contributed by atoms with van der Waals surface area (Å²) in [7, 11) is 0. The average Bonchev–Trinajstić information content (AvgIpc) is 2.73. The molecule has 28 heavy (non-hydrogen) atoms. The average molecular weight is 377 g/mol. The lowest BCUT2D eigenvalue weighted by molar-refractivity contribution is 0.0926. The third kappa shape index (κ3) is 4.45. The number of nitrogens with zero attached hydrogens (tertiary/aromatic N) is 4. The minimum Gasteiger partial charge on any atom is -0.475 e. The van der Waals surface area contributed by atoms with E-state index in [2.05, 4.69) is 20.3 Å². The Kier molecular flexibility index (Phi) is 5.87. The number of aromatic nitrogens is 3. The van der Waals surface area contributed by atoms with Gasteiger partial charge in [0.05, 0.1) is 22.7 Å². The lowest BCUT2D eigenvalue weighted by atomic mass is 10.0. The van der Waals surface area contributed by atoms with Gasteiger partial charge in [-0.3, -0.25) is 4.79 Å². The van der Waals surface area contributed by atoms with Gasteiger partial charge in [0, 0.05) is 24.7 Å². The number of carbonyl (C=O) groups excluding carboxylic acids is 1. The molecule has 0 saturated carbocycles. The van der Waals surface area contributed by atoms with Gasteiger partial charge in [0.15, 0.2) is 5.82 Å². The van der Waals surface area contributed by atoms with Crippen LogP contribution in [0.2, 0.25) is 0 Å². The molecule has 0 saturated heterocycles. The first kappa shape index (κ1) is 18.9. The molecule has 2 aromatic heterocycles. The van der Waals surface area contributed by atoms with Gasteiger partial charge in [-0.1, -0.05) is 6.07 Å². The number of rotatable bonds is 6. The molecular weight excluding hydrogens is 361 g/mol. The van der Waals surface area contributed by atoms with E-state index in [4.69, 9.17) is 10.00 Å². The van der Waals surface area contributed by atoms with Crippen LogP contribution in [-0.4, -0.2) is 33.5 Å². The van der Waals surface area contributed by atoms with Crippen LogP contribution in [0.5, 0.6) is 5.88 Å². The normalized spacial score (nSPS) is 11.3. The van der Waals surface area contributed by atoms with Gasteiger partial charge in [-0.25, -0.2) is 19.3 Å². The molecule has 1 aromatic carbocycles. The third-order valence-corrected chi connectivity index (χ3v) is 3.77. The Balaban J connectivity index is 1.69. The monoisotopic (exact) mass is 377 g/mol. The Morgan fingerprint density at radius 2 is 2.00 bits per heavy atom. The number of ether oxygens (including phenoxy) is 1. The van der Waals surface area contributed by atoms with Gasteiger partial charge in [0.2, 0.25) is 5.88 Å². The number of hydrogen-bond acceptors (Lipinski definition) is 6. The second kappa shape index (κ2) is 8.68. The van der Waals surface area contributed by atoms with E-state index in [1.165, 1.54) is 36.8 Å². The van der Waals surface area contributed by atoms with E-state index < -0.39 is 11.7 Å². The van der Waals surface area contributed by atoms with Crippen molar-refractivity contribution in [1.82, 2.24) is 20.3 Å². The largest absolute Gasteiger partial charge is 0.475 e. The molecule has 1 amide bonds. The molecule has 0 aliphatic heterocycles. The predicted octanol–water partition coefficient (Wildman–Crippen LogP) is 2.75. The molecule has 0 unspecified atom stereocenters. The standard InChI is InChI=1S/C20H16FN5O2/c1-13(12-28-17-7-6-14(10-22)11-25-17)26-20(27)15-4-2-5-16(21)18(15)19-23-8-3-9-24-19/h2-9,11,13H,12H2,1H3,(H,26,27)/t13-/m0/s1. The van der Waals surface area contributed by atoms with Crippen LogP contribution in [-0.2, 0) is 0 Å². The van der Waals surface area contributed by atoms with Crippen LogP contribution in [0.1, 0.15) is 22.8 Å². The summed E-state index contributed by atoms with van der Waals surface area (Å²) in [6, 6.07) is 10.6. The molecule has 3 aromatic rings. The van der Waals surface area contributed by atoms with E-state index in [-0.39, 0.29) is 29.6 Å². The van der Waals surface area contributed by atoms with Gasteiger partial charge in [-0.2, -0.15) is 5.26 Å². The van der Waals surface area contributed by atoms with Crippen molar-refractivity contribution in [3.05, 3.63) is 71.9 Å². The molecule has 0 spiro atoms. The molecule has 7 nitrogen and oxygen atoms in total. The van der Waals surface area contributed by atoms with Crippen molar-refractivity contribution in [2.75, 3.05) is 6.61 Å². The number of carbonyl (C=O) groups is 1. The van der Waals surface area contributed by atoms with Gasteiger partial charge < -0.3 is 10.1 Å². The highest BCUT2D eigenvalue weighted by Crippen LogP contribution is 2.23. The van der Waals surface area contributed by atoms with Crippen molar-refractivity contribution in [2.24, 2.45) is 0 Å². The van der Waals surface area contributed by atoms with Crippen molar-refractivity contribution >= 4 is 5.91 Å². The number of nitriles is 1. The van der Waals surface area contributed by atoms with Gasteiger partial charge in [0.1, 0.15) is 18.5 Å². The molecule has 2 heterocycles. The molecule has 1 N–H and O–H groups in total. The first-order valence-corrected chi connectivity index (χ1v) is 8.44. The maximum atomic E-state index is 14.3. The fourth-order valence-corrected chi connectivity index (χ4v) is 2.45. The number of amides is 1. The van der Waals surface area contributed by atoms with Crippen LogP contribution < -0.4 is 10.1 Å². The lowest BCUT2D eigenvalue weighted by Gasteiger charge is -2.16. The number of pyridine rings is 1. The zero-order valence-electron chi connectivity index (χ0n) is 15.0. The van der Waals surface area contributed by atoms with Crippen molar-refractivity contribution in [3.8, 4) is 23.3 Å². The minimum atomic E-state index is -0.579. The van der Waals surface area contributed by atoms with E-state index in [9.17, 15) is 9.18 Å². The van der Waals surface area contributed by atoms with Crippen LogP contribution >= 0.6 is 0 Å². The van der Waals surface area contributed by atoms with Crippen LogP contribution in [0.3, 0.4) is 0 Å². The highest BCUT2D eigenvalue weighted by Gasteiger charge is 2.20. The number of nitrogens with one attached hydrogen (secondary N) is 1. The molecule has 0 bridgehead atoms. The third-order valence-electron chi connectivity index (χ3n) is 3.77. The van der Waals surface area contributed by atoms with Gasteiger partial charge in [0.25, 0.3) is 5.91 Å². The van der Waals surface area contributed by atoms with Crippen LogP contribution in [0, 0.1) is 17.1 Å². The Labute approximate surface area is 160 Å². The topological polar surface area (TPSA) is 101 Å². The summed E-state index contributed by atoms with van der Waals surface area (Å²) in [5, 5.41) is 11.5. The summed E-state index contributed by atoms with van der Waals surface area (Å²) in [5.41, 5.74) is 0.604. The minimum absolute atomic E-state index is 0.0440. The number of benzene rings is 1. The van der Waals surface area contributed by atoms with Crippen molar-refractivity contribution in [3.63, 3.8) is 0 Å². The highest BCUT2D eigenvalue weighted by atomic mass is 19.1. The predicted molar refractivity (Wildman–Crippen MR) is 98.8 cm³/mol. The molecule has 1 atom stereocenters. The first-order chi connectivity index (χ1) is 13.6. The van der Waals surface area contributed by atoms with E-state index in [1.807, 2.05) is 6.07 Å². The zero-order chi connectivity index (χ0) is 19.9. The molecule has 0 radical (unpaired) electrons. The van der Waals surface area contributed by atoms with Crippen LogP contribution in [0.25, 0.3) is 11.4 Å². The van der Waals surface area contributed by atoms with Gasteiger partial charge >= 0.3 is 0 Å². The quantitative estimate of drug-likeness (QED) is 0.709. The second-order valence-electron chi connectivity index (χ2n) is 5.92. The van der Waals surface area contributed by atoms with Crippen LogP contribution in [0.4, 0.5) is 4.39 Å². The van der Waals surface area contributed by atoms with Crippen molar-refractivity contribution < 1.29 is 13.9 Å². The summed E-state index contributed by atoms with van der Waals surface area (Å²) >= 11 is 0. The summed E-state index contributed by atoms with van der Waals surface area (Å²) in [4.78, 5) is 24.7. The lowest BCUT2D eigenvalue weighted by Crippen LogP contribution is -2.37. The maximum Gasteiger partial charge on any atom is 0.252 e. The summed E-state index contributed by atoms with van der Waals surface area (Å²) < 4.78 is 19.9. The van der Waals surface area contributed by atoms with Crippen molar-refractivity contribution in [2.45, 2.75) is 13.0 Å². The van der Waals surface area contributed by atoms with E-state index >= 15 is 0 Å². The van der Waals surface area contributed by atoms with E-state index in [0.29, 0.717) is 11.4 Å². The fraction of sp³-hybridized carbons (Fsp3) is 0.150. The molecule has 8 heteroatoms. The second-order valence-corrected chi connectivity index (χ2v) is 5.92. The first-order valence-electron chi connectivity index (χ1n) is 8.44. The van der Waals surface area contributed by atoms with Gasteiger partial charge in [-0.05, 0) is 31.2 Å². The van der Waals surface area contributed by atoms with Crippen molar-refractivity contribution in [1.29, 1.82) is 5.26 Å². The zero-order valence-corrected chi connectivity index (χ0v) is 15.0. The Hall–Kier alpha value is -3.86. The maximum absolute atomic E-state index is 14.3. The molecule has 140 valence electrons. The SMILES string of the molecule is C[C@@H](COc1ccc(C#N)cn1)NC(=O)c1cccc(F)c1-c1ncccn1. The Bertz CT molecular complexity index is 1000. The molecule has 0 aliphatic carbocycles. The van der Waals surface area contributed by atoms with E-state index in [1.54, 1.807) is 25.1 Å². The highest BCUT2D eigenvalue weighted by molar-refractivity contribution is 6.00. The Morgan fingerprint density at radius 3 is 2.68 bits per heavy atom. The fourth-order valence-electron chi connectivity index (χ4n) is 2.45. The molecule has 0 aliphatic rings. The molecule has 0 fully saturated rings. The smallest absolute Gasteiger partial charge is 0.252 e. The Morgan fingerprint density at radius 1 is 1.21 bits per heavy atom. The summed E-state index contributed by atoms with van der Waals surface area (Å²) in [6.07, 6.45) is 4.37. The van der Waals surface area contributed by atoms with Gasteiger partial charge in [-0.15, -0.1) is 0 Å². The summed E-state index contributed by atoms with van der Waals surface area (Å²) in [6.45, 7) is 1.90. The van der Waals surface area contributed by atoms with E-state index in [0.717, 1.165) is 0 Å². The van der Waals surface area contributed by atoms with Crippen LogP contribution in [0.15, 0.2) is 55.0 Å². The molecule has 3 rings (SSSR count).